The number of allylic oxidation sites excluding steroid dienone is 2. The van der Waals surface area contributed by atoms with Gasteiger partial charge in [-0.1, -0.05) is 50.8 Å². The van der Waals surface area contributed by atoms with Gasteiger partial charge in [-0.2, -0.15) is 0 Å². The van der Waals surface area contributed by atoms with E-state index >= 15 is 0 Å². The first-order valence-corrected chi connectivity index (χ1v) is 5.68. The maximum atomic E-state index is 3.74. The number of hydrogen-bond acceptors (Lipinski definition) is 0. The predicted molar refractivity (Wildman–Crippen MR) is 57.5 cm³/mol. The Morgan fingerprint density at radius 1 is 0.833 bits per heavy atom. The lowest BCUT2D eigenvalue weighted by atomic mass is 10.0. The maximum Gasteiger partial charge on any atom is 0.0649 e. The highest BCUT2D eigenvalue weighted by Crippen LogP contribution is 2.18. The Morgan fingerprint density at radius 3 is 1.58 bits per heavy atom. The molecule has 0 nitrogen and oxygen atoms in total. The Morgan fingerprint density at radius 2 is 1.25 bits per heavy atom. The summed E-state index contributed by atoms with van der Waals surface area (Å²) in [6.45, 7) is 6.73. The molecule has 0 rings (SSSR count). The van der Waals surface area contributed by atoms with E-state index < -0.39 is 0 Å². The molecule has 0 aliphatic carbocycles. The molecule has 0 fully saturated rings. The molecule has 0 heterocycles. The van der Waals surface area contributed by atoms with Crippen molar-refractivity contribution in [2.75, 3.05) is 0 Å². The van der Waals surface area contributed by atoms with Crippen molar-refractivity contribution in [1.82, 2.24) is 0 Å². The molecular weight excluding hydrogens is 160 g/mol. The lowest BCUT2D eigenvalue weighted by Gasteiger charge is -2.09. The van der Waals surface area contributed by atoms with Crippen molar-refractivity contribution < 1.29 is 0 Å². The van der Waals surface area contributed by atoms with Gasteiger partial charge >= 0.3 is 0 Å². The van der Waals surface area contributed by atoms with E-state index in [1.807, 2.05) is 0 Å². The van der Waals surface area contributed by atoms with Gasteiger partial charge in [0.15, 0.2) is 0 Å². The summed E-state index contributed by atoms with van der Waals surface area (Å²) in [7, 11) is 3.74. The molecule has 0 bridgehead atoms. The lowest BCUT2D eigenvalue weighted by Crippen LogP contribution is -1.92. The van der Waals surface area contributed by atoms with Crippen LogP contribution < -0.4 is 0 Å². The highest BCUT2D eigenvalue weighted by Gasteiger charge is 1.99. The van der Waals surface area contributed by atoms with Crippen LogP contribution in [-0.4, -0.2) is 10.2 Å². The van der Waals surface area contributed by atoms with Crippen molar-refractivity contribution in [2.24, 2.45) is 0 Å². The molecule has 0 aromatic carbocycles. The second kappa shape index (κ2) is 7.60. The fourth-order valence-electron chi connectivity index (χ4n) is 1.46. The van der Waals surface area contributed by atoms with E-state index in [-0.39, 0.29) is 0 Å². The molecule has 3 radical (unpaired) electrons. The van der Waals surface area contributed by atoms with Gasteiger partial charge in [0.2, 0.25) is 0 Å². The largest absolute Gasteiger partial charge is 0.0892 e. The van der Waals surface area contributed by atoms with E-state index in [0.717, 1.165) is 0 Å². The molecule has 0 saturated carbocycles. The molecule has 0 unspecified atom stereocenters. The summed E-state index contributed by atoms with van der Waals surface area (Å²) in [6, 6.07) is 0. The van der Waals surface area contributed by atoms with Crippen molar-refractivity contribution in [2.45, 2.75) is 59.3 Å². The van der Waals surface area contributed by atoms with Crippen LogP contribution in [0.3, 0.4) is 0 Å². The van der Waals surface area contributed by atoms with Crippen LogP contribution in [0.4, 0.5) is 0 Å². The van der Waals surface area contributed by atoms with Gasteiger partial charge in [0, 0.05) is 0 Å². The van der Waals surface area contributed by atoms with Gasteiger partial charge in [-0.05, 0) is 19.3 Å². The van der Waals surface area contributed by atoms with Gasteiger partial charge in [0.05, 0.1) is 10.2 Å². The Bertz CT molecular complexity index is 128. The Kier molecular flexibility index (Phi) is 7.57. The average Bonchev–Trinajstić information content (AvgIpc) is 2.04. The summed E-state index contributed by atoms with van der Waals surface area (Å²) >= 11 is 0. The summed E-state index contributed by atoms with van der Waals surface area (Å²) in [6.07, 6.45) is 7.54. The van der Waals surface area contributed by atoms with Gasteiger partial charge in [0.25, 0.3) is 0 Å². The van der Waals surface area contributed by atoms with Crippen molar-refractivity contribution in [3.8, 4) is 0 Å². The minimum atomic E-state index is 1.21. The molecule has 0 spiro atoms. The Labute approximate surface area is 80.9 Å². The van der Waals surface area contributed by atoms with E-state index in [2.05, 4.69) is 31.0 Å². The molecule has 0 aromatic rings. The lowest BCUT2D eigenvalue weighted by molar-refractivity contribution is 0.782. The Balaban J connectivity index is 4.11. The molecule has 0 aliphatic heterocycles. The SMILES string of the molecule is CCCC([Si])=C(CCC)CCC. The fourth-order valence-corrected chi connectivity index (χ4v) is 1.96. The smallest absolute Gasteiger partial charge is 0.0649 e. The summed E-state index contributed by atoms with van der Waals surface area (Å²) in [5.41, 5.74) is 1.64. The topological polar surface area (TPSA) is 0 Å². The summed E-state index contributed by atoms with van der Waals surface area (Å²) < 4.78 is 0. The normalized spacial score (nSPS) is 10.0. The fraction of sp³-hybridized carbons (Fsp3) is 0.818. The standard InChI is InChI=1S/C11H21Si/c1-4-7-10(8-5-2)11(12)9-6-3/h4-9H2,1-3H3. The first-order chi connectivity index (χ1) is 5.76. The molecule has 0 atom stereocenters. The molecular formula is C11H21Si. The molecule has 0 N–H and O–H groups in total. The van der Waals surface area contributed by atoms with Crippen molar-refractivity contribution in [3.63, 3.8) is 0 Å². The minimum Gasteiger partial charge on any atom is -0.0892 e. The molecule has 69 valence electrons. The van der Waals surface area contributed by atoms with Crippen molar-refractivity contribution in [1.29, 1.82) is 0 Å². The van der Waals surface area contributed by atoms with E-state index in [9.17, 15) is 0 Å². The van der Waals surface area contributed by atoms with Gasteiger partial charge in [-0.3, -0.25) is 0 Å². The maximum absolute atomic E-state index is 3.74. The van der Waals surface area contributed by atoms with Crippen molar-refractivity contribution >= 4 is 10.2 Å². The van der Waals surface area contributed by atoms with Crippen LogP contribution in [0.5, 0.6) is 0 Å². The molecule has 0 aliphatic rings. The van der Waals surface area contributed by atoms with Crippen LogP contribution >= 0.6 is 0 Å². The van der Waals surface area contributed by atoms with Gasteiger partial charge in [-0.25, -0.2) is 0 Å². The van der Waals surface area contributed by atoms with Crippen LogP contribution in [0.2, 0.25) is 0 Å². The van der Waals surface area contributed by atoms with Crippen LogP contribution in [0.1, 0.15) is 59.3 Å². The summed E-state index contributed by atoms with van der Waals surface area (Å²) in [5, 5.41) is 1.46. The average molecular weight is 181 g/mol. The van der Waals surface area contributed by atoms with Crippen LogP contribution in [0, 0.1) is 0 Å². The monoisotopic (exact) mass is 181 g/mol. The van der Waals surface area contributed by atoms with Crippen LogP contribution in [0.15, 0.2) is 10.8 Å². The zero-order valence-corrected chi connectivity index (χ0v) is 9.74. The Hall–Kier alpha value is -0.0431. The quantitative estimate of drug-likeness (QED) is 0.547. The van der Waals surface area contributed by atoms with Crippen LogP contribution in [0.25, 0.3) is 0 Å². The third kappa shape index (κ3) is 4.76. The van der Waals surface area contributed by atoms with Crippen LogP contribution in [-0.2, 0) is 0 Å². The van der Waals surface area contributed by atoms with Gasteiger partial charge < -0.3 is 0 Å². The molecule has 0 amide bonds. The third-order valence-corrected chi connectivity index (χ3v) is 2.63. The highest BCUT2D eigenvalue weighted by atomic mass is 28.1. The number of hydrogen-bond donors (Lipinski definition) is 0. The van der Waals surface area contributed by atoms with Gasteiger partial charge in [-0.15, -0.1) is 0 Å². The predicted octanol–water partition coefficient (Wildman–Crippen LogP) is 3.81. The first kappa shape index (κ1) is 12.0. The van der Waals surface area contributed by atoms with E-state index in [1.165, 1.54) is 43.7 Å². The van der Waals surface area contributed by atoms with E-state index in [0.29, 0.717) is 0 Å². The molecule has 0 saturated heterocycles. The summed E-state index contributed by atoms with van der Waals surface area (Å²) in [5.74, 6) is 0. The first-order valence-electron chi connectivity index (χ1n) is 5.18. The summed E-state index contributed by atoms with van der Waals surface area (Å²) in [4.78, 5) is 0. The third-order valence-electron chi connectivity index (χ3n) is 2.03. The highest BCUT2D eigenvalue weighted by molar-refractivity contribution is 6.22. The second-order valence-electron chi connectivity index (χ2n) is 3.33. The molecule has 1 heteroatoms. The minimum absolute atomic E-state index is 1.21. The molecule has 0 aromatic heterocycles. The second-order valence-corrected chi connectivity index (χ2v) is 3.94. The van der Waals surface area contributed by atoms with Gasteiger partial charge in [0.1, 0.15) is 0 Å². The van der Waals surface area contributed by atoms with Crippen molar-refractivity contribution in [3.05, 3.63) is 10.8 Å². The number of rotatable bonds is 6. The van der Waals surface area contributed by atoms with E-state index in [4.69, 9.17) is 0 Å². The zero-order valence-electron chi connectivity index (χ0n) is 8.74. The van der Waals surface area contributed by atoms with E-state index in [1.54, 1.807) is 5.57 Å². The zero-order chi connectivity index (χ0) is 9.40. The molecule has 12 heavy (non-hydrogen) atoms.